The van der Waals surface area contributed by atoms with Crippen molar-refractivity contribution >= 4 is 15.7 Å². The Bertz CT molecular complexity index is 1050. The van der Waals surface area contributed by atoms with Crippen molar-refractivity contribution in [2.24, 2.45) is 5.92 Å². The molecular weight excluding hydrogens is 391 g/mol. The van der Waals surface area contributed by atoms with Crippen LogP contribution in [0.1, 0.15) is 29.5 Å². The first kappa shape index (κ1) is 18.8. The van der Waals surface area contributed by atoms with Gasteiger partial charge in [0.1, 0.15) is 5.82 Å². The third-order valence-electron chi connectivity index (χ3n) is 6.17. The fourth-order valence-corrected chi connectivity index (χ4v) is 6.09. The van der Waals surface area contributed by atoms with Gasteiger partial charge in [0.2, 0.25) is 10.0 Å². The number of benzene rings is 2. The van der Waals surface area contributed by atoms with E-state index in [2.05, 4.69) is 17.5 Å². The van der Waals surface area contributed by atoms with E-state index >= 15 is 0 Å². The molecule has 0 saturated carbocycles. The molecule has 1 fully saturated rings. The van der Waals surface area contributed by atoms with Crippen LogP contribution in [0.3, 0.4) is 0 Å². The van der Waals surface area contributed by atoms with Gasteiger partial charge in [0.15, 0.2) is 0 Å². The van der Waals surface area contributed by atoms with Gasteiger partial charge in [-0.15, -0.1) is 0 Å². The SMILES string of the molecule is O=S(=O)(c1ccc([C@@H]2Nc3ccc(F)cc3[C@H]3C=CC[C@@H]32)cc1)N1CCOCC1. The molecule has 0 bridgehead atoms. The Morgan fingerprint density at radius 2 is 1.83 bits per heavy atom. The van der Waals surface area contributed by atoms with Crippen LogP contribution >= 0.6 is 0 Å². The van der Waals surface area contributed by atoms with Crippen molar-refractivity contribution in [2.75, 3.05) is 31.6 Å². The number of anilines is 1. The van der Waals surface area contributed by atoms with E-state index in [1.165, 1.54) is 10.4 Å². The minimum Gasteiger partial charge on any atom is -0.379 e. The molecule has 2 heterocycles. The second-order valence-corrected chi connectivity index (χ2v) is 9.73. The predicted octanol–water partition coefficient (Wildman–Crippen LogP) is 3.67. The quantitative estimate of drug-likeness (QED) is 0.779. The molecule has 0 aromatic heterocycles. The Morgan fingerprint density at radius 3 is 2.59 bits per heavy atom. The molecule has 3 atom stereocenters. The van der Waals surface area contributed by atoms with Crippen LogP contribution in [0.2, 0.25) is 0 Å². The number of allylic oxidation sites excluding steroid dienone is 2. The number of nitrogens with one attached hydrogen (secondary N) is 1. The van der Waals surface area contributed by atoms with Gasteiger partial charge in [0, 0.05) is 24.7 Å². The summed E-state index contributed by atoms with van der Waals surface area (Å²) < 4.78 is 46.2. The number of rotatable bonds is 3. The molecule has 0 amide bonds. The fraction of sp³-hybridized carbons (Fsp3) is 0.364. The number of morpholine rings is 1. The smallest absolute Gasteiger partial charge is 0.243 e. The lowest BCUT2D eigenvalue weighted by Gasteiger charge is -2.37. The standard InChI is InChI=1S/C22H23FN2O3S/c23-16-6-9-21-20(14-16)18-2-1-3-19(18)22(24-21)15-4-7-17(8-5-15)29(26,27)25-10-12-28-13-11-25/h1-2,4-9,14,18-19,22,24H,3,10-13H2/t18-,19-,22-/m0/s1. The molecule has 152 valence electrons. The summed E-state index contributed by atoms with van der Waals surface area (Å²) in [5, 5.41) is 3.55. The highest BCUT2D eigenvalue weighted by molar-refractivity contribution is 7.89. The second kappa shape index (κ2) is 7.23. The lowest BCUT2D eigenvalue weighted by Crippen LogP contribution is -2.40. The zero-order chi connectivity index (χ0) is 20.0. The molecule has 5 nitrogen and oxygen atoms in total. The molecule has 29 heavy (non-hydrogen) atoms. The highest BCUT2D eigenvalue weighted by Gasteiger charge is 2.38. The van der Waals surface area contributed by atoms with Crippen LogP contribution in [-0.2, 0) is 14.8 Å². The molecule has 2 aromatic rings. The van der Waals surface area contributed by atoms with Gasteiger partial charge >= 0.3 is 0 Å². The lowest BCUT2D eigenvalue weighted by molar-refractivity contribution is 0.0730. The first-order valence-corrected chi connectivity index (χ1v) is 11.4. The van der Waals surface area contributed by atoms with Gasteiger partial charge in [-0.25, -0.2) is 12.8 Å². The van der Waals surface area contributed by atoms with Crippen LogP contribution in [0.4, 0.5) is 10.1 Å². The first-order valence-electron chi connectivity index (χ1n) is 9.94. The molecule has 0 unspecified atom stereocenters. The van der Waals surface area contributed by atoms with Gasteiger partial charge in [0.05, 0.1) is 24.2 Å². The summed E-state index contributed by atoms with van der Waals surface area (Å²) >= 11 is 0. The maximum absolute atomic E-state index is 13.8. The van der Waals surface area contributed by atoms with Crippen molar-refractivity contribution < 1.29 is 17.5 Å². The van der Waals surface area contributed by atoms with Crippen LogP contribution < -0.4 is 5.32 Å². The van der Waals surface area contributed by atoms with Gasteiger partial charge in [0.25, 0.3) is 0 Å². The van der Waals surface area contributed by atoms with Crippen LogP contribution in [0.15, 0.2) is 59.5 Å². The average Bonchev–Trinajstić information content (AvgIpc) is 3.24. The third kappa shape index (κ3) is 3.27. The highest BCUT2D eigenvalue weighted by Crippen LogP contribution is 2.49. The number of hydrogen-bond donors (Lipinski definition) is 1. The number of ether oxygens (including phenoxy) is 1. The molecule has 1 N–H and O–H groups in total. The number of fused-ring (bicyclic) bond motifs is 3. The van der Waals surface area contributed by atoms with Crippen LogP contribution in [0.5, 0.6) is 0 Å². The van der Waals surface area contributed by atoms with Gasteiger partial charge in [-0.05, 0) is 53.8 Å². The maximum Gasteiger partial charge on any atom is 0.243 e. The van der Waals surface area contributed by atoms with E-state index in [1.54, 1.807) is 24.3 Å². The van der Waals surface area contributed by atoms with Crippen molar-refractivity contribution in [2.45, 2.75) is 23.3 Å². The van der Waals surface area contributed by atoms with E-state index in [-0.39, 0.29) is 23.7 Å². The number of hydrogen-bond acceptors (Lipinski definition) is 4. The summed E-state index contributed by atoms with van der Waals surface area (Å²) in [5.41, 5.74) is 2.97. The van der Waals surface area contributed by atoms with E-state index in [4.69, 9.17) is 4.74 Å². The van der Waals surface area contributed by atoms with Crippen molar-refractivity contribution in [1.82, 2.24) is 4.31 Å². The van der Waals surface area contributed by atoms with Crippen molar-refractivity contribution in [3.63, 3.8) is 0 Å². The summed E-state index contributed by atoms with van der Waals surface area (Å²) in [6.07, 6.45) is 5.22. The number of nitrogens with zero attached hydrogens (tertiary/aromatic N) is 1. The zero-order valence-electron chi connectivity index (χ0n) is 15.9. The topological polar surface area (TPSA) is 58.6 Å². The van der Waals surface area contributed by atoms with Gasteiger partial charge < -0.3 is 10.1 Å². The van der Waals surface area contributed by atoms with Gasteiger partial charge in [-0.1, -0.05) is 24.3 Å². The molecule has 2 aromatic carbocycles. The number of sulfonamides is 1. The number of halogens is 1. The third-order valence-corrected chi connectivity index (χ3v) is 8.08. The normalized spacial score (nSPS) is 26.6. The summed E-state index contributed by atoms with van der Waals surface area (Å²) in [6.45, 7) is 1.63. The first-order chi connectivity index (χ1) is 14.0. The Morgan fingerprint density at radius 1 is 1.07 bits per heavy atom. The Labute approximate surface area is 170 Å². The molecule has 0 spiro atoms. The summed E-state index contributed by atoms with van der Waals surface area (Å²) in [6, 6.07) is 12.1. The Hall–Kier alpha value is -2.22. The Balaban J connectivity index is 1.44. The maximum atomic E-state index is 13.8. The molecular formula is C22H23FN2O3S. The molecule has 1 saturated heterocycles. The predicted molar refractivity (Wildman–Crippen MR) is 109 cm³/mol. The molecule has 2 aliphatic heterocycles. The van der Waals surface area contributed by atoms with Gasteiger partial charge in [-0.3, -0.25) is 0 Å². The average molecular weight is 415 g/mol. The highest BCUT2D eigenvalue weighted by atomic mass is 32.2. The summed E-state index contributed by atoms with van der Waals surface area (Å²) in [5.74, 6) is 0.232. The second-order valence-electron chi connectivity index (χ2n) is 7.79. The summed E-state index contributed by atoms with van der Waals surface area (Å²) in [4.78, 5) is 0.308. The minimum absolute atomic E-state index is 0.0492. The van der Waals surface area contributed by atoms with Crippen molar-refractivity contribution in [3.8, 4) is 0 Å². The minimum atomic E-state index is -3.50. The molecule has 0 radical (unpaired) electrons. The van der Waals surface area contributed by atoms with E-state index in [0.717, 1.165) is 23.2 Å². The molecule has 3 aliphatic rings. The van der Waals surface area contributed by atoms with E-state index in [0.29, 0.717) is 31.2 Å². The lowest BCUT2D eigenvalue weighted by atomic mass is 9.77. The van der Waals surface area contributed by atoms with Crippen LogP contribution in [0, 0.1) is 11.7 Å². The monoisotopic (exact) mass is 414 g/mol. The van der Waals surface area contributed by atoms with Gasteiger partial charge in [-0.2, -0.15) is 4.31 Å². The molecule has 5 rings (SSSR count). The van der Waals surface area contributed by atoms with E-state index in [1.807, 2.05) is 12.1 Å². The molecule has 1 aliphatic carbocycles. The van der Waals surface area contributed by atoms with Crippen molar-refractivity contribution in [3.05, 3.63) is 71.6 Å². The molecule has 7 heteroatoms. The largest absolute Gasteiger partial charge is 0.379 e. The summed E-state index contributed by atoms with van der Waals surface area (Å²) in [7, 11) is -3.50. The van der Waals surface area contributed by atoms with Crippen molar-refractivity contribution in [1.29, 1.82) is 0 Å². The zero-order valence-corrected chi connectivity index (χ0v) is 16.7. The van der Waals surface area contributed by atoms with Crippen LogP contribution in [0.25, 0.3) is 0 Å². The van der Waals surface area contributed by atoms with E-state index in [9.17, 15) is 12.8 Å². The Kier molecular flexibility index (Phi) is 4.69. The fourth-order valence-electron chi connectivity index (χ4n) is 4.68. The van der Waals surface area contributed by atoms with Crippen LogP contribution in [-0.4, -0.2) is 39.0 Å². The van der Waals surface area contributed by atoms with E-state index < -0.39 is 10.0 Å².